The summed E-state index contributed by atoms with van der Waals surface area (Å²) in [5, 5.41) is 10.2. The number of rotatable bonds is 5. The molecule has 122 valence electrons. The van der Waals surface area contributed by atoms with E-state index in [9.17, 15) is 9.90 Å². The molecule has 0 aliphatic rings. The molecule has 0 saturated heterocycles. The van der Waals surface area contributed by atoms with E-state index in [4.69, 9.17) is 9.15 Å². The zero-order chi connectivity index (χ0) is 16.9. The van der Waals surface area contributed by atoms with E-state index in [0.29, 0.717) is 11.5 Å². The fourth-order valence-electron chi connectivity index (χ4n) is 2.22. The Morgan fingerprint density at radius 2 is 1.79 bits per heavy atom. The van der Waals surface area contributed by atoms with E-state index in [-0.39, 0.29) is 10.6 Å². The molecule has 3 rings (SSSR count). The first-order valence-corrected chi connectivity index (χ1v) is 8.34. The molecule has 0 atom stereocenters. The Hall–Kier alpha value is -2.66. The maximum Gasteiger partial charge on any atom is 0.353 e. The van der Waals surface area contributed by atoms with Crippen molar-refractivity contribution < 1.29 is 14.3 Å². The molecule has 0 unspecified atom stereocenters. The number of hydrogen-bond donors (Lipinski definition) is 1. The van der Waals surface area contributed by atoms with Gasteiger partial charge in [-0.15, -0.1) is 11.8 Å². The molecule has 0 bridgehead atoms. The van der Waals surface area contributed by atoms with Crippen molar-refractivity contribution in [3.05, 3.63) is 76.6 Å². The van der Waals surface area contributed by atoms with Crippen LogP contribution in [0.15, 0.2) is 74.8 Å². The van der Waals surface area contributed by atoms with Crippen molar-refractivity contribution in [1.29, 1.82) is 0 Å². The topological polar surface area (TPSA) is 59.7 Å². The van der Waals surface area contributed by atoms with Crippen LogP contribution in [0.3, 0.4) is 0 Å². The molecule has 0 amide bonds. The largest absolute Gasteiger partial charge is 0.506 e. The number of aromatic hydroxyl groups is 1. The van der Waals surface area contributed by atoms with Crippen molar-refractivity contribution in [3.63, 3.8) is 0 Å². The normalized spacial score (nSPS) is 10.5. The summed E-state index contributed by atoms with van der Waals surface area (Å²) in [5.74, 6) is 1.61. The van der Waals surface area contributed by atoms with Crippen LogP contribution in [0.1, 0.15) is 5.56 Å². The molecule has 1 N–H and O–H groups in total. The lowest BCUT2D eigenvalue weighted by molar-refractivity contribution is 0.414. The number of hydrogen-bond acceptors (Lipinski definition) is 5. The molecular formula is C19H16O4S. The van der Waals surface area contributed by atoms with Gasteiger partial charge in [-0.25, -0.2) is 4.79 Å². The highest BCUT2D eigenvalue weighted by Gasteiger charge is 2.13. The minimum Gasteiger partial charge on any atom is -0.506 e. The van der Waals surface area contributed by atoms with Gasteiger partial charge in [-0.1, -0.05) is 42.5 Å². The smallest absolute Gasteiger partial charge is 0.353 e. The molecule has 4 nitrogen and oxygen atoms in total. The summed E-state index contributed by atoms with van der Waals surface area (Å²) < 4.78 is 10.5. The van der Waals surface area contributed by atoms with Crippen LogP contribution < -0.4 is 10.4 Å². The van der Waals surface area contributed by atoms with Gasteiger partial charge >= 0.3 is 5.63 Å². The lowest BCUT2D eigenvalue weighted by Gasteiger charge is -2.06. The molecule has 0 fully saturated rings. The van der Waals surface area contributed by atoms with E-state index in [1.54, 1.807) is 7.11 Å². The van der Waals surface area contributed by atoms with Gasteiger partial charge in [0.2, 0.25) is 0 Å². The van der Waals surface area contributed by atoms with E-state index in [1.807, 2.05) is 54.6 Å². The van der Waals surface area contributed by atoms with Gasteiger partial charge in [-0.2, -0.15) is 0 Å². The second-order valence-electron chi connectivity index (χ2n) is 5.12. The van der Waals surface area contributed by atoms with Gasteiger partial charge in [-0.3, -0.25) is 0 Å². The molecule has 0 saturated carbocycles. The quantitative estimate of drug-likeness (QED) is 0.701. The number of methoxy groups -OCH3 is 1. The molecule has 0 aliphatic carbocycles. The molecule has 3 aromatic rings. The second kappa shape index (κ2) is 7.27. The molecule has 1 heterocycles. The van der Waals surface area contributed by atoms with E-state index in [1.165, 1.54) is 17.8 Å². The van der Waals surface area contributed by atoms with Gasteiger partial charge in [0.05, 0.1) is 7.11 Å². The number of benzene rings is 2. The maximum absolute atomic E-state index is 12.2. The van der Waals surface area contributed by atoms with Crippen molar-refractivity contribution in [1.82, 2.24) is 0 Å². The Balaban J connectivity index is 1.80. The van der Waals surface area contributed by atoms with Crippen LogP contribution in [0, 0.1) is 0 Å². The van der Waals surface area contributed by atoms with Gasteiger partial charge < -0.3 is 14.3 Å². The van der Waals surface area contributed by atoms with Crippen LogP contribution in [-0.4, -0.2) is 12.2 Å². The first-order chi connectivity index (χ1) is 11.7. The minimum atomic E-state index is -0.535. The summed E-state index contributed by atoms with van der Waals surface area (Å²) in [6, 6.07) is 18.2. The molecule has 24 heavy (non-hydrogen) atoms. The molecule has 0 aliphatic heterocycles. The number of ether oxygens (including phenoxy) is 1. The predicted octanol–water partition coefficient (Wildman–Crippen LogP) is 4.31. The van der Waals surface area contributed by atoms with Crippen LogP contribution in [0.2, 0.25) is 0 Å². The fourth-order valence-corrected chi connectivity index (χ4v) is 3.09. The lowest BCUT2D eigenvalue weighted by atomic mass is 10.1. The first-order valence-electron chi connectivity index (χ1n) is 7.35. The highest BCUT2D eigenvalue weighted by atomic mass is 32.2. The highest BCUT2D eigenvalue weighted by Crippen LogP contribution is 2.31. The average molecular weight is 340 g/mol. The summed E-state index contributed by atoms with van der Waals surface area (Å²) in [6.07, 6.45) is 0. The first kappa shape index (κ1) is 16.2. The molecule has 0 spiro atoms. The zero-order valence-electron chi connectivity index (χ0n) is 13.1. The summed E-state index contributed by atoms with van der Waals surface area (Å²) >= 11 is 1.25. The van der Waals surface area contributed by atoms with Crippen LogP contribution in [0.4, 0.5) is 0 Å². The third-order valence-corrected chi connectivity index (χ3v) is 4.63. The number of thioether (sulfide) groups is 1. The Morgan fingerprint density at radius 3 is 2.42 bits per heavy atom. The summed E-state index contributed by atoms with van der Waals surface area (Å²) in [6.45, 7) is 0. The van der Waals surface area contributed by atoms with Crippen LogP contribution in [0.25, 0.3) is 11.3 Å². The third-order valence-electron chi connectivity index (χ3n) is 3.49. The predicted molar refractivity (Wildman–Crippen MR) is 94.6 cm³/mol. The summed E-state index contributed by atoms with van der Waals surface area (Å²) in [7, 11) is 1.61. The van der Waals surface area contributed by atoms with E-state index < -0.39 is 5.63 Å². The maximum atomic E-state index is 12.2. The lowest BCUT2D eigenvalue weighted by Crippen LogP contribution is -2.03. The van der Waals surface area contributed by atoms with Gasteiger partial charge in [0.1, 0.15) is 22.2 Å². The van der Waals surface area contributed by atoms with Gasteiger partial charge in [0, 0.05) is 17.4 Å². The van der Waals surface area contributed by atoms with Crippen LogP contribution >= 0.6 is 11.8 Å². The molecule has 0 radical (unpaired) electrons. The molecule has 2 aromatic carbocycles. The van der Waals surface area contributed by atoms with Gasteiger partial charge in [-0.05, 0) is 17.7 Å². The van der Waals surface area contributed by atoms with Gasteiger partial charge in [0.15, 0.2) is 0 Å². The van der Waals surface area contributed by atoms with E-state index in [2.05, 4.69) is 0 Å². The van der Waals surface area contributed by atoms with E-state index >= 15 is 0 Å². The van der Waals surface area contributed by atoms with Crippen LogP contribution in [0.5, 0.6) is 11.5 Å². The molecular weight excluding hydrogens is 324 g/mol. The Morgan fingerprint density at radius 1 is 1.08 bits per heavy atom. The Bertz CT molecular complexity index is 870. The van der Waals surface area contributed by atoms with Crippen molar-refractivity contribution in [2.75, 3.05) is 7.11 Å². The third kappa shape index (κ3) is 3.63. The fraction of sp³-hybridized carbons (Fsp3) is 0.105. The summed E-state index contributed by atoms with van der Waals surface area (Å²) in [4.78, 5) is 12.4. The molecule has 1 aromatic heterocycles. The Kier molecular flexibility index (Phi) is 4.91. The van der Waals surface area contributed by atoms with Gasteiger partial charge in [0.25, 0.3) is 0 Å². The highest BCUT2D eigenvalue weighted by molar-refractivity contribution is 7.98. The second-order valence-corrected chi connectivity index (χ2v) is 6.10. The standard InChI is InChI=1S/C19H16O4S/c1-22-15-9-7-13(8-10-15)12-24-18-16(20)11-17(23-19(18)21)14-5-3-2-4-6-14/h2-11,20H,12H2,1H3. The SMILES string of the molecule is COc1ccc(CSc2c(O)cc(-c3ccccc3)oc2=O)cc1. The van der Waals surface area contributed by atoms with Crippen molar-refractivity contribution in [3.8, 4) is 22.8 Å². The van der Waals surface area contributed by atoms with Crippen LogP contribution in [-0.2, 0) is 5.75 Å². The molecule has 5 heteroatoms. The van der Waals surface area contributed by atoms with E-state index in [0.717, 1.165) is 16.9 Å². The monoisotopic (exact) mass is 340 g/mol. The van der Waals surface area contributed by atoms with Crippen molar-refractivity contribution >= 4 is 11.8 Å². The zero-order valence-corrected chi connectivity index (χ0v) is 13.9. The van der Waals surface area contributed by atoms with Crippen molar-refractivity contribution in [2.45, 2.75) is 10.6 Å². The Labute approximate surface area is 143 Å². The van der Waals surface area contributed by atoms with Crippen molar-refractivity contribution in [2.24, 2.45) is 0 Å². The summed E-state index contributed by atoms with van der Waals surface area (Å²) in [5.41, 5.74) is 1.23. The average Bonchev–Trinajstić information content (AvgIpc) is 2.62. The minimum absolute atomic E-state index is 0.0661.